The molecule has 0 aliphatic rings. The summed E-state index contributed by atoms with van der Waals surface area (Å²) in [5.74, 6) is 0.0526. The number of hydrogen-bond donors (Lipinski definition) is 2. The molecule has 10 heavy (non-hydrogen) atoms. The van der Waals surface area contributed by atoms with Gasteiger partial charge in [0.1, 0.15) is 0 Å². The lowest BCUT2D eigenvalue weighted by Gasteiger charge is -2.09. The predicted octanol–water partition coefficient (Wildman–Crippen LogP) is 0.598. The lowest BCUT2D eigenvalue weighted by atomic mass is 10.3. The van der Waals surface area contributed by atoms with Crippen LogP contribution in [0.25, 0.3) is 0 Å². The Morgan fingerprint density at radius 1 is 1.60 bits per heavy atom. The number of amides is 1. The van der Waals surface area contributed by atoms with E-state index in [1.54, 1.807) is 0 Å². The highest BCUT2D eigenvalue weighted by Gasteiger charge is 2.02. The number of nitrogens with one attached hydrogen (secondary N) is 1. The second kappa shape index (κ2) is 5.23. The molecule has 1 atom stereocenters. The van der Waals surface area contributed by atoms with E-state index in [4.69, 9.17) is 5.73 Å². The average molecular weight is 144 g/mol. The molecule has 0 fully saturated rings. The van der Waals surface area contributed by atoms with Gasteiger partial charge in [-0.1, -0.05) is 13.8 Å². The monoisotopic (exact) mass is 144 g/mol. The van der Waals surface area contributed by atoms with Crippen molar-refractivity contribution < 1.29 is 4.79 Å². The van der Waals surface area contributed by atoms with Crippen LogP contribution in [0.3, 0.4) is 0 Å². The minimum atomic E-state index is -0.168. The number of rotatable bonds is 4. The molecule has 0 saturated carbocycles. The highest BCUT2D eigenvalue weighted by atomic mass is 16.1. The van der Waals surface area contributed by atoms with Crippen LogP contribution in [0.2, 0.25) is 0 Å². The number of hydrogen-bond acceptors (Lipinski definition) is 2. The Kier molecular flexibility index (Phi) is 4.94. The number of nitrogens with two attached hydrogens (primary N) is 1. The van der Waals surface area contributed by atoms with Crippen LogP contribution in [0.5, 0.6) is 0 Å². The molecule has 0 aromatic carbocycles. The molecule has 0 rings (SSSR count). The molecule has 1 amide bonds. The van der Waals surface area contributed by atoms with Gasteiger partial charge in [-0.15, -0.1) is 0 Å². The van der Waals surface area contributed by atoms with Crippen molar-refractivity contribution in [2.24, 2.45) is 5.73 Å². The SMILES string of the molecule is CCCC(=O)NC(N)CC. The molecule has 0 aliphatic carbocycles. The van der Waals surface area contributed by atoms with Crippen molar-refractivity contribution in [2.45, 2.75) is 39.3 Å². The zero-order valence-electron chi connectivity index (χ0n) is 6.68. The van der Waals surface area contributed by atoms with Crippen LogP contribution in [0.15, 0.2) is 0 Å². The number of carbonyl (C=O) groups is 1. The fourth-order valence-corrected chi connectivity index (χ4v) is 0.608. The lowest BCUT2D eigenvalue weighted by molar-refractivity contribution is -0.121. The average Bonchev–Trinajstić information content (AvgIpc) is 1.88. The van der Waals surface area contributed by atoms with Gasteiger partial charge in [0.25, 0.3) is 0 Å². The molecule has 0 heterocycles. The lowest BCUT2D eigenvalue weighted by Crippen LogP contribution is -2.40. The molecule has 3 nitrogen and oxygen atoms in total. The molecule has 0 saturated heterocycles. The Morgan fingerprint density at radius 2 is 2.20 bits per heavy atom. The van der Waals surface area contributed by atoms with E-state index < -0.39 is 0 Å². The molecule has 0 aromatic rings. The minimum absolute atomic E-state index is 0.0526. The molecule has 0 bridgehead atoms. The van der Waals surface area contributed by atoms with Crippen molar-refractivity contribution in [1.29, 1.82) is 0 Å². The molecular formula is C7H16N2O. The normalized spacial score (nSPS) is 12.7. The third-order valence-electron chi connectivity index (χ3n) is 1.26. The molecule has 3 heteroatoms. The Hall–Kier alpha value is -0.570. The van der Waals surface area contributed by atoms with Crippen LogP contribution in [-0.2, 0) is 4.79 Å². The van der Waals surface area contributed by atoms with Crippen molar-refractivity contribution in [1.82, 2.24) is 5.32 Å². The van der Waals surface area contributed by atoms with E-state index in [0.717, 1.165) is 12.8 Å². The van der Waals surface area contributed by atoms with Gasteiger partial charge in [-0.2, -0.15) is 0 Å². The largest absolute Gasteiger partial charge is 0.341 e. The second-order valence-corrected chi connectivity index (χ2v) is 2.33. The van der Waals surface area contributed by atoms with Crippen LogP contribution < -0.4 is 11.1 Å². The van der Waals surface area contributed by atoms with Crippen LogP contribution in [0, 0.1) is 0 Å². The first-order valence-corrected chi connectivity index (χ1v) is 3.75. The van der Waals surface area contributed by atoms with Gasteiger partial charge in [-0.25, -0.2) is 0 Å². The molecule has 0 aromatic heterocycles. The van der Waals surface area contributed by atoms with Gasteiger partial charge in [0.15, 0.2) is 0 Å². The summed E-state index contributed by atoms with van der Waals surface area (Å²) in [4.78, 5) is 10.8. The maximum absolute atomic E-state index is 10.8. The van der Waals surface area contributed by atoms with E-state index >= 15 is 0 Å². The summed E-state index contributed by atoms with van der Waals surface area (Å²) in [5.41, 5.74) is 5.47. The smallest absolute Gasteiger partial charge is 0.221 e. The topological polar surface area (TPSA) is 55.1 Å². The van der Waals surface area contributed by atoms with Crippen molar-refractivity contribution in [3.63, 3.8) is 0 Å². The van der Waals surface area contributed by atoms with Crippen molar-refractivity contribution in [3.8, 4) is 0 Å². The molecule has 0 aliphatic heterocycles. The highest BCUT2D eigenvalue weighted by Crippen LogP contribution is 1.87. The Bertz CT molecular complexity index is 104. The summed E-state index contributed by atoms with van der Waals surface area (Å²) in [6.45, 7) is 3.91. The van der Waals surface area contributed by atoms with E-state index in [9.17, 15) is 4.79 Å². The maximum Gasteiger partial charge on any atom is 0.221 e. The summed E-state index contributed by atoms with van der Waals surface area (Å²) in [5, 5.41) is 2.67. The first kappa shape index (κ1) is 9.43. The first-order valence-electron chi connectivity index (χ1n) is 3.75. The number of carbonyl (C=O) groups excluding carboxylic acids is 1. The molecule has 3 N–H and O–H groups in total. The molecule has 1 unspecified atom stereocenters. The van der Waals surface area contributed by atoms with Crippen LogP contribution >= 0.6 is 0 Å². The molecule has 60 valence electrons. The fourth-order valence-electron chi connectivity index (χ4n) is 0.608. The summed E-state index contributed by atoms with van der Waals surface area (Å²) in [6, 6.07) is 0. The van der Waals surface area contributed by atoms with E-state index in [2.05, 4.69) is 5.32 Å². The van der Waals surface area contributed by atoms with Gasteiger partial charge in [0.2, 0.25) is 5.91 Å². The third-order valence-corrected chi connectivity index (χ3v) is 1.26. The Balaban J connectivity index is 3.37. The minimum Gasteiger partial charge on any atom is -0.341 e. The van der Waals surface area contributed by atoms with Gasteiger partial charge >= 0.3 is 0 Å². The fraction of sp³-hybridized carbons (Fsp3) is 0.857. The highest BCUT2D eigenvalue weighted by molar-refractivity contribution is 5.75. The summed E-state index contributed by atoms with van der Waals surface area (Å²) in [6.07, 6.45) is 2.07. The quantitative estimate of drug-likeness (QED) is 0.568. The van der Waals surface area contributed by atoms with Crippen LogP contribution in [0.4, 0.5) is 0 Å². The Morgan fingerprint density at radius 3 is 2.60 bits per heavy atom. The van der Waals surface area contributed by atoms with Crippen LogP contribution in [-0.4, -0.2) is 12.1 Å². The van der Waals surface area contributed by atoms with E-state index in [-0.39, 0.29) is 12.1 Å². The van der Waals surface area contributed by atoms with Crippen LogP contribution in [0.1, 0.15) is 33.1 Å². The zero-order valence-corrected chi connectivity index (χ0v) is 6.68. The molecule has 0 radical (unpaired) electrons. The van der Waals surface area contributed by atoms with Gasteiger partial charge in [0, 0.05) is 6.42 Å². The molecular weight excluding hydrogens is 128 g/mol. The van der Waals surface area contributed by atoms with Gasteiger partial charge < -0.3 is 11.1 Å². The summed E-state index contributed by atoms with van der Waals surface area (Å²) >= 11 is 0. The van der Waals surface area contributed by atoms with Gasteiger partial charge in [-0.05, 0) is 12.8 Å². The van der Waals surface area contributed by atoms with Gasteiger partial charge in [-0.3, -0.25) is 4.79 Å². The second-order valence-electron chi connectivity index (χ2n) is 2.33. The van der Waals surface area contributed by atoms with Crippen molar-refractivity contribution >= 4 is 5.91 Å². The van der Waals surface area contributed by atoms with E-state index in [0.29, 0.717) is 6.42 Å². The maximum atomic E-state index is 10.8. The standard InChI is InChI=1S/C7H16N2O/c1-3-5-7(10)9-6(8)4-2/h6H,3-5,8H2,1-2H3,(H,9,10). The van der Waals surface area contributed by atoms with Gasteiger partial charge in [0.05, 0.1) is 6.17 Å². The Labute approximate surface area is 62.0 Å². The van der Waals surface area contributed by atoms with E-state index in [1.165, 1.54) is 0 Å². The third kappa shape index (κ3) is 4.32. The summed E-state index contributed by atoms with van der Waals surface area (Å²) in [7, 11) is 0. The van der Waals surface area contributed by atoms with Crippen molar-refractivity contribution in [3.05, 3.63) is 0 Å². The summed E-state index contributed by atoms with van der Waals surface area (Å²) < 4.78 is 0. The first-order chi connectivity index (χ1) is 4.70. The predicted molar refractivity (Wildman–Crippen MR) is 41.3 cm³/mol. The zero-order chi connectivity index (χ0) is 7.98. The van der Waals surface area contributed by atoms with Crippen molar-refractivity contribution in [2.75, 3.05) is 0 Å². The molecule has 0 spiro atoms. The van der Waals surface area contributed by atoms with E-state index in [1.807, 2.05) is 13.8 Å².